The number of aromatic nitrogens is 1. The highest BCUT2D eigenvalue weighted by molar-refractivity contribution is 5.89. The second-order valence-electron chi connectivity index (χ2n) is 7.18. The second kappa shape index (κ2) is 6.65. The van der Waals surface area contributed by atoms with E-state index in [2.05, 4.69) is 17.1 Å². The van der Waals surface area contributed by atoms with Gasteiger partial charge >= 0.3 is 0 Å². The topological polar surface area (TPSA) is 54.6 Å². The lowest BCUT2D eigenvalue weighted by Crippen LogP contribution is -2.31. The normalized spacial score (nSPS) is 18.8. The minimum Gasteiger partial charge on any atom is -0.486 e. The maximum atomic E-state index is 13.1. The van der Waals surface area contributed by atoms with Crippen molar-refractivity contribution in [2.24, 2.45) is 0 Å². The maximum absolute atomic E-state index is 13.1. The molecule has 0 radical (unpaired) electrons. The number of aromatic amines is 1. The molecule has 1 aromatic heterocycles. The molecule has 2 aliphatic rings. The average Bonchev–Trinajstić information content (AvgIpc) is 3.35. The van der Waals surface area contributed by atoms with Gasteiger partial charge in [0.1, 0.15) is 13.2 Å². The van der Waals surface area contributed by atoms with Crippen molar-refractivity contribution in [3.63, 3.8) is 0 Å². The molecule has 0 spiro atoms. The van der Waals surface area contributed by atoms with E-state index >= 15 is 0 Å². The van der Waals surface area contributed by atoms with Crippen LogP contribution in [-0.2, 0) is 11.2 Å². The van der Waals surface area contributed by atoms with Crippen molar-refractivity contribution < 1.29 is 14.3 Å². The molecular weight excluding hydrogens is 340 g/mol. The minimum absolute atomic E-state index is 0.110. The number of hydrogen-bond donors (Lipinski definition) is 1. The lowest BCUT2D eigenvalue weighted by Gasteiger charge is -2.27. The first-order valence-electron chi connectivity index (χ1n) is 9.53. The first-order valence-corrected chi connectivity index (χ1v) is 9.53. The molecule has 3 heterocycles. The molecule has 2 aromatic carbocycles. The molecular formula is C22H22N2O3. The zero-order chi connectivity index (χ0) is 18.2. The molecule has 1 amide bonds. The summed E-state index contributed by atoms with van der Waals surface area (Å²) in [7, 11) is 0. The van der Waals surface area contributed by atoms with E-state index in [0.29, 0.717) is 19.6 Å². The van der Waals surface area contributed by atoms with Crippen LogP contribution in [0.25, 0.3) is 10.9 Å². The zero-order valence-electron chi connectivity index (χ0n) is 15.1. The van der Waals surface area contributed by atoms with Gasteiger partial charge in [0.2, 0.25) is 5.91 Å². The van der Waals surface area contributed by atoms with Gasteiger partial charge in [0.15, 0.2) is 11.5 Å². The van der Waals surface area contributed by atoms with Crippen LogP contribution in [0, 0.1) is 0 Å². The van der Waals surface area contributed by atoms with Crippen molar-refractivity contribution in [2.75, 3.05) is 19.8 Å². The fourth-order valence-electron chi connectivity index (χ4n) is 4.22. The first kappa shape index (κ1) is 16.2. The Kier molecular flexibility index (Phi) is 4.00. The highest BCUT2D eigenvalue weighted by Crippen LogP contribution is 2.38. The smallest absolute Gasteiger partial charge is 0.227 e. The summed E-state index contributed by atoms with van der Waals surface area (Å²) in [5, 5.41) is 1.13. The third kappa shape index (κ3) is 2.93. The molecule has 5 rings (SSSR count). The number of ether oxygens (including phenoxy) is 2. The number of nitrogens with zero attached hydrogens (tertiary/aromatic N) is 1. The van der Waals surface area contributed by atoms with Gasteiger partial charge in [-0.15, -0.1) is 0 Å². The molecule has 3 aromatic rings. The van der Waals surface area contributed by atoms with E-state index in [1.165, 1.54) is 0 Å². The van der Waals surface area contributed by atoms with E-state index in [1.54, 1.807) is 0 Å². The van der Waals surface area contributed by atoms with E-state index < -0.39 is 0 Å². The van der Waals surface area contributed by atoms with Crippen LogP contribution in [-0.4, -0.2) is 35.5 Å². The van der Waals surface area contributed by atoms with Gasteiger partial charge in [-0.25, -0.2) is 0 Å². The average molecular weight is 362 g/mol. The van der Waals surface area contributed by atoms with Crippen molar-refractivity contribution in [3.8, 4) is 11.5 Å². The molecule has 5 nitrogen and oxygen atoms in total. The number of H-pyrrole nitrogens is 1. The van der Waals surface area contributed by atoms with E-state index in [-0.39, 0.29) is 11.9 Å². The van der Waals surface area contributed by atoms with Crippen molar-refractivity contribution in [1.29, 1.82) is 0 Å². The number of fused-ring (bicyclic) bond motifs is 2. The molecule has 2 aliphatic heterocycles. The van der Waals surface area contributed by atoms with Gasteiger partial charge in [-0.05, 0) is 42.2 Å². The molecule has 1 fully saturated rings. The lowest BCUT2D eigenvalue weighted by atomic mass is 10.0. The minimum atomic E-state index is 0.110. The molecule has 0 aliphatic carbocycles. The van der Waals surface area contributed by atoms with Crippen molar-refractivity contribution in [2.45, 2.75) is 25.3 Å². The Labute approximate surface area is 157 Å². The Morgan fingerprint density at radius 1 is 1.11 bits per heavy atom. The van der Waals surface area contributed by atoms with E-state index in [9.17, 15) is 4.79 Å². The van der Waals surface area contributed by atoms with Crippen LogP contribution in [0.4, 0.5) is 0 Å². The van der Waals surface area contributed by atoms with Crippen LogP contribution in [0.3, 0.4) is 0 Å². The lowest BCUT2D eigenvalue weighted by molar-refractivity contribution is -0.131. The van der Waals surface area contributed by atoms with Crippen LogP contribution >= 0.6 is 0 Å². The summed E-state index contributed by atoms with van der Waals surface area (Å²) in [5.41, 5.74) is 3.26. The SMILES string of the molecule is O=C(Cc1c[nH]c2ccccc12)N1CCC[C@@H]1c1ccc2c(c1)OCCO2. The number of amides is 1. The molecule has 0 unspecified atom stereocenters. The van der Waals surface area contributed by atoms with Gasteiger partial charge in [0, 0.05) is 23.6 Å². The second-order valence-corrected chi connectivity index (χ2v) is 7.18. The summed E-state index contributed by atoms with van der Waals surface area (Å²) in [6.45, 7) is 1.97. The number of rotatable bonds is 3. The molecule has 138 valence electrons. The van der Waals surface area contributed by atoms with E-state index in [0.717, 1.165) is 52.9 Å². The summed E-state index contributed by atoms with van der Waals surface area (Å²) in [4.78, 5) is 18.4. The van der Waals surface area contributed by atoms with Crippen LogP contribution in [0.2, 0.25) is 0 Å². The van der Waals surface area contributed by atoms with Crippen molar-refractivity contribution in [3.05, 3.63) is 59.8 Å². The summed E-state index contributed by atoms with van der Waals surface area (Å²) >= 11 is 0. The molecule has 27 heavy (non-hydrogen) atoms. The zero-order valence-corrected chi connectivity index (χ0v) is 15.1. The third-order valence-corrected chi connectivity index (χ3v) is 5.54. The number of nitrogens with one attached hydrogen (secondary N) is 1. The number of carbonyl (C=O) groups is 1. The van der Waals surface area contributed by atoms with Gasteiger partial charge in [-0.1, -0.05) is 24.3 Å². The molecule has 1 saturated heterocycles. The molecule has 0 saturated carbocycles. The third-order valence-electron chi connectivity index (χ3n) is 5.54. The number of benzene rings is 2. The fraction of sp³-hybridized carbons (Fsp3) is 0.318. The summed E-state index contributed by atoms with van der Waals surface area (Å²) in [6.07, 6.45) is 4.39. The number of likely N-dealkylation sites (tertiary alicyclic amines) is 1. The first-order chi connectivity index (χ1) is 13.3. The van der Waals surface area contributed by atoms with E-state index in [4.69, 9.17) is 9.47 Å². The van der Waals surface area contributed by atoms with Gasteiger partial charge < -0.3 is 19.4 Å². The van der Waals surface area contributed by atoms with Gasteiger partial charge in [0.25, 0.3) is 0 Å². The van der Waals surface area contributed by atoms with Gasteiger partial charge in [0.05, 0.1) is 12.5 Å². The summed E-state index contributed by atoms with van der Waals surface area (Å²) < 4.78 is 11.3. The van der Waals surface area contributed by atoms with Crippen LogP contribution in [0.1, 0.15) is 30.0 Å². The Balaban J connectivity index is 1.38. The van der Waals surface area contributed by atoms with Gasteiger partial charge in [-0.3, -0.25) is 4.79 Å². The Morgan fingerprint density at radius 3 is 2.89 bits per heavy atom. The van der Waals surface area contributed by atoms with Crippen LogP contribution in [0.15, 0.2) is 48.7 Å². The number of hydrogen-bond acceptors (Lipinski definition) is 3. The summed E-state index contributed by atoms with van der Waals surface area (Å²) in [6, 6.07) is 14.3. The highest BCUT2D eigenvalue weighted by Gasteiger charge is 2.31. The maximum Gasteiger partial charge on any atom is 0.227 e. The van der Waals surface area contributed by atoms with Crippen LogP contribution < -0.4 is 9.47 Å². The molecule has 1 atom stereocenters. The Bertz CT molecular complexity index is 994. The monoisotopic (exact) mass is 362 g/mol. The predicted octanol–water partition coefficient (Wildman–Crippen LogP) is 3.85. The standard InChI is InChI=1S/C22H22N2O3/c25-22(13-16-14-23-18-5-2-1-4-17(16)18)24-9-3-6-19(24)15-7-8-20-21(12-15)27-11-10-26-20/h1-2,4-5,7-8,12,14,19,23H,3,6,9-11,13H2/t19-/m1/s1. The Hall–Kier alpha value is -2.95. The van der Waals surface area contributed by atoms with Gasteiger partial charge in [-0.2, -0.15) is 0 Å². The van der Waals surface area contributed by atoms with Crippen molar-refractivity contribution >= 4 is 16.8 Å². The van der Waals surface area contributed by atoms with Crippen LogP contribution in [0.5, 0.6) is 11.5 Å². The largest absolute Gasteiger partial charge is 0.486 e. The van der Waals surface area contributed by atoms with Crippen molar-refractivity contribution in [1.82, 2.24) is 9.88 Å². The fourth-order valence-corrected chi connectivity index (χ4v) is 4.22. The molecule has 0 bridgehead atoms. The number of carbonyl (C=O) groups excluding carboxylic acids is 1. The quantitative estimate of drug-likeness (QED) is 0.770. The Morgan fingerprint density at radius 2 is 1.96 bits per heavy atom. The number of para-hydroxylation sites is 1. The molecule has 5 heteroatoms. The highest BCUT2D eigenvalue weighted by atomic mass is 16.6. The summed E-state index contributed by atoms with van der Waals surface area (Å²) in [5.74, 6) is 1.76. The predicted molar refractivity (Wildman–Crippen MR) is 103 cm³/mol. The van der Waals surface area contributed by atoms with E-state index in [1.807, 2.05) is 41.4 Å². The molecule has 1 N–H and O–H groups in total.